The summed E-state index contributed by atoms with van der Waals surface area (Å²) in [6, 6.07) is 24.3. The third-order valence-corrected chi connectivity index (χ3v) is 8.38. The zero-order chi connectivity index (χ0) is 26.3. The molecule has 1 saturated heterocycles. The number of esters is 1. The number of nitrogens with zero attached hydrogens (tertiary/aromatic N) is 1. The summed E-state index contributed by atoms with van der Waals surface area (Å²) in [5.41, 5.74) is 9.56. The van der Waals surface area contributed by atoms with E-state index in [1.165, 1.54) is 52.0 Å². The van der Waals surface area contributed by atoms with Crippen LogP contribution in [0.1, 0.15) is 43.7 Å². The molecule has 7 heteroatoms. The molecule has 1 aliphatic rings. The molecule has 5 nitrogen and oxygen atoms in total. The molecule has 206 valence electrons. The van der Waals surface area contributed by atoms with Crippen LogP contribution in [0.3, 0.4) is 0 Å². The number of hydrogen-bond acceptors (Lipinski definition) is 6. The number of rotatable bonds is 11. The molecule has 0 saturated carbocycles. The van der Waals surface area contributed by atoms with Crippen LogP contribution in [0.25, 0.3) is 20.5 Å². The molecule has 0 amide bonds. The van der Waals surface area contributed by atoms with Gasteiger partial charge in [-0.1, -0.05) is 43.7 Å². The van der Waals surface area contributed by atoms with Gasteiger partial charge in [0, 0.05) is 16.1 Å². The maximum Gasteiger partial charge on any atom is 0.328 e. The minimum atomic E-state index is -0.582. The van der Waals surface area contributed by atoms with Crippen molar-refractivity contribution in [3.05, 3.63) is 83.9 Å². The Bertz CT molecular complexity index is 1350. The quantitative estimate of drug-likeness (QED) is 0.156. The zero-order valence-electron chi connectivity index (χ0n) is 22.4. The van der Waals surface area contributed by atoms with Crippen molar-refractivity contribution in [2.45, 2.75) is 45.1 Å². The molecule has 0 spiro atoms. The number of carbonyl (C=O) groups excluding carboxylic acids is 1. The zero-order valence-corrected chi connectivity index (χ0v) is 24.1. The van der Waals surface area contributed by atoms with Crippen molar-refractivity contribution in [2.24, 2.45) is 5.73 Å². The standard InChI is InChI=1S/C32H36N2O3S.ClH/c1-2-7-29(33)32(35)37-26-14-10-23(11-15-26)22-28-27-8-3-4-9-30(27)38-31(28)24-12-16-25(17-13-24)36-21-20-34-18-5-6-19-34;/h3-4,8-17,29H,2,5-7,18-22,33H2,1H3;1H. The Balaban J connectivity index is 0.00000353. The number of hydrogen-bond donors (Lipinski definition) is 1. The van der Waals surface area contributed by atoms with E-state index < -0.39 is 6.04 Å². The van der Waals surface area contributed by atoms with E-state index in [4.69, 9.17) is 15.2 Å². The predicted octanol–water partition coefficient (Wildman–Crippen LogP) is 7.09. The molecule has 3 aromatic carbocycles. The van der Waals surface area contributed by atoms with Crippen molar-refractivity contribution < 1.29 is 14.3 Å². The van der Waals surface area contributed by atoms with Crippen LogP contribution in [-0.4, -0.2) is 43.2 Å². The van der Waals surface area contributed by atoms with Crippen LogP contribution in [0.5, 0.6) is 11.5 Å². The summed E-state index contributed by atoms with van der Waals surface area (Å²) < 4.78 is 12.8. The Morgan fingerprint density at radius 2 is 1.67 bits per heavy atom. The molecule has 1 aromatic heterocycles. The van der Waals surface area contributed by atoms with E-state index in [0.29, 0.717) is 12.2 Å². The fraction of sp³-hybridized carbons (Fsp3) is 0.344. The van der Waals surface area contributed by atoms with Gasteiger partial charge in [0.05, 0.1) is 0 Å². The average Bonchev–Trinajstić information content (AvgIpc) is 3.59. The van der Waals surface area contributed by atoms with E-state index in [-0.39, 0.29) is 18.4 Å². The van der Waals surface area contributed by atoms with Gasteiger partial charge in [-0.2, -0.15) is 0 Å². The second-order valence-electron chi connectivity index (χ2n) is 9.96. The second kappa shape index (κ2) is 13.9. The normalized spacial score (nSPS) is 14.2. The van der Waals surface area contributed by atoms with E-state index in [2.05, 4.69) is 53.4 Å². The van der Waals surface area contributed by atoms with Crippen molar-refractivity contribution >= 4 is 39.8 Å². The molecular weight excluding hydrogens is 528 g/mol. The Morgan fingerprint density at radius 1 is 0.974 bits per heavy atom. The summed E-state index contributed by atoms with van der Waals surface area (Å²) in [5, 5.41) is 1.28. The lowest BCUT2D eigenvalue weighted by Gasteiger charge is -2.15. The molecule has 1 atom stereocenters. The number of thiophene rings is 1. The highest BCUT2D eigenvalue weighted by Crippen LogP contribution is 2.40. The first-order chi connectivity index (χ1) is 18.6. The number of halogens is 1. The third kappa shape index (κ3) is 7.40. The lowest BCUT2D eigenvalue weighted by atomic mass is 9.99. The van der Waals surface area contributed by atoms with Gasteiger partial charge in [0.1, 0.15) is 24.1 Å². The van der Waals surface area contributed by atoms with Gasteiger partial charge >= 0.3 is 5.97 Å². The van der Waals surface area contributed by atoms with Gasteiger partial charge in [0.15, 0.2) is 0 Å². The number of likely N-dealkylation sites (tertiary alicyclic amines) is 1. The molecule has 1 fully saturated rings. The largest absolute Gasteiger partial charge is 0.492 e. The second-order valence-corrected chi connectivity index (χ2v) is 11.0. The van der Waals surface area contributed by atoms with Gasteiger partial charge in [0.25, 0.3) is 0 Å². The van der Waals surface area contributed by atoms with Gasteiger partial charge in [-0.15, -0.1) is 23.7 Å². The van der Waals surface area contributed by atoms with Crippen LogP contribution in [0.4, 0.5) is 0 Å². The van der Waals surface area contributed by atoms with Crippen molar-refractivity contribution in [1.29, 1.82) is 0 Å². The van der Waals surface area contributed by atoms with Crippen molar-refractivity contribution in [3.8, 4) is 21.9 Å². The molecular formula is C32H37ClN2O3S. The van der Waals surface area contributed by atoms with Gasteiger partial charge in [-0.3, -0.25) is 4.90 Å². The van der Waals surface area contributed by atoms with Crippen molar-refractivity contribution in [3.63, 3.8) is 0 Å². The lowest BCUT2D eigenvalue weighted by Crippen LogP contribution is -2.33. The van der Waals surface area contributed by atoms with E-state index in [1.807, 2.05) is 42.5 Å². The molecule has 39 heavy (non-hydrogen) atoms. The Kier molecular flexibility index (Phi) is 10.4. The summed E-state index contributed by atoms with van der Waals surface area (Å²) in [5.74, 6) is 1.06. The maximum atomic E-state index is 12.2. The monoisotopic (exact) mass is 564 g/mol. The maximum absolute atomic E-state index is 12.2. The SMILES string of the molecule is CCCC(N)C(=O)Oc1ccc(Cc2c(-c3ccc(OCCN4CCCC4)cc3)sc3ccccc23)cc1.Cl. The molecule has 2 N–H and O–H groups in total. The van der Waals surface area contributed by atoms with Crippen LogP contribution < -0.4 is 15.2 Å². The first-order valence-corrected chi connectivity index (χ1v) is 14.4. The Morgan fingerprint density at radius 3 is 2.38 bits per heavy atom. The van der Waals surface area contributed by atoms with Gasteiger partial charge < -0.3 is 15.2 Å². The fourth-order valence-corrected chi connectivity index (χ4v) is 6.24. The summed E-state index contributed by atoms with van der Waals surface area (Å²) in [7, 11) is 0. The third-order valence-electron chi connectivity index (χ3n) is 7.11. The Labute approximate surface area is 241 Å². The van der Waals surface area contributed by atoms with E-state index in [0.717, 1.165) is 37.3 Å². The number of ether oxygens (including phenoxy) is 2. The number of nitrogens with two attached hydrogens (primary N) is 1. The number of fused-ring (bicyclic) bond motifs is 1. The van der Waals surface area contributed by atoms with Crippen molar-refractivity contribution in [2.75, 3.05) is 26.2 Å². The van der Waals surface area contributed by atoms with Crippen LogP contribution in [0, 0.1) is 0 Å². The van der Waals surface area contributed by atoms with E-state index >= 15 is 0 Å². The molecule has 0 aliphatic carbocycles. The smallest absolute Gasteiger partial charge is 0.328 e. The molecule has 5 rings (SSSR count). The van der Waals surface area contributed by atoms with E-state index in [1.54, 1.807) is 0 Å². The van der Waals surface area contributed by atoms with Crippen molar-refractivity contribution in [1.82, 2.24) is 4.90 Å². The minimum Gasteiger partial charge on any atom is -0.492 e. The highest BCUT2D eigenvalue weighted by atomic mass is 35.5. The highest BCUT2D eigenvalue weighted by molar-refractivity contribution is 7.22. The molecule has 1 aliphatic heterocycles. The molecule has 2 heterocycles. The molecule has 0 bridgehead atoms. The van der Waals surface area contributed by atoms with Crippen LogP contribution >= 0.6 is 23.7 Å². The minimum absolute atomic E-state index is 0. The highest BCUT2D eigenvalue weighted by Gasteiger charge is 2.17. The van der Waals surface area contributed by atoms with Gasteiger partial charge in [-0.25, -0.2) is 4.79 Å². The average molecular weight is 565 g/mol. The van der Waals surface area contributed by atoms with Gasteiger partial charge in [0.2, 0.25) is 0 Å². The van der Waals surface area contributed by atoms with Gasteiger partial charge in [-0.05, 0) is 103 Å². The molecule has 0 radical (unpaired) electrons. The van der Waals surface area contributed by atoms with Crippen LogP contribution in [-0.2, 0) is 11.2 Å². The predicted molar refractivity (Wildman–Crippen MR) is 163 cm³/mol. The topological polar surface area (TPSA) is 64.8 Å². The molecule has 1 unspecified atom stereocenters. The van der Waals surface area contributed by atoms with Crippen LogP contribution in [0.15, 0.2) is 72.8 Å². The first-order valence-electron chi connectivity index (χ1n) is 13.6. The summed E-state index contributed by atoms with van der Waals surface area (Å²) in [4.78, 5) is 15.9. The first kappa shape index (κ1) is 29.1. The van der Waals surface area contributed by atoms with Crippen LogP contribution in [0.2, 0.25) is 0 Å². The lowest BCUT2D eigenvalue weighted by molar-refractivity contribution is -0.136. The Hall–Kier alpha value is -2.90. The van der Waals surface area contributed by atoms with E-state index in [9.17, 15) is 4.79 Å². The number of benzene rings is 3. The fourth-order valence-electron chi connectivity index (χ4n) is 5.01. The summed E-state index contributed by atoms with van der Waals surface area (Å²) in [6.07, 6.45) is 4.86. The molecule has 4 aromatic rings. The number of carbonyl (C=O) groups is 1. The summed E-state index contributed by atoms with van der Waals surface area (Å²) >= 11 is 1.83. The summed E-state index contributed by atoms with van der Waals surface area (Å²) in [6.45, 7) is 6.11.